The second kappa shape index (κ2) is 6.06. The second-order valence-electron chi connectivity index (χ2n) is 4.49. The smallest absolute Gasteiger partial charge is 0.262 e. The van der Waals surface area contributed by atoms with Gasteiger partial charge in [-0.1, -0.05) is 22.0 Å². The minimum Gasteiger partial charge on any atom is -0.485 e. The minimum absolute atomic E-state index is 0.0788. The molecule has 0 saturated carbocycles. The molecular weight excluding hydrogens is 306 g/mol. The zero-order valence-corrected chi connectivity index (χ0v) is 12.8. The van der Waals surface area contributed by atoms with Gasteiger partial charge >= 0.3 is 0 Å². The lowest BCUT2D eigenvalue weighted by Gasteiger charge is -2.14. The lowest BCUT2D eigenvalue weighted by atomic mass is 10.2. The molecule has 1 heterocycles. The van der Waals surface area contributed by atoms with Crippen LogP contribution in [0.3, 0.4) is 0 Å². The summed E-state index contributed by atoms with van der Waals surface area (Å²) >= 11 is 3.44. The van der Waals surface area contributed by atoms with Crippen LogP contribution in [0.15, 0.2) is 41.0 Å². The van der Waals surface area contributed by atoms with Crippen LogP contribution in [-0.2, 0) is 0 Å². The molecule has 0 amide bonds. The van der Waals surface area contributed by atoms with Crippen LogP contribution in [0.5, 0.6) is 17.4 Å². The Hall–Kier alpha value is -1.55. The van der Waals surface area contributed by atoms with Gasteiger partial charge in [0.2, 0.25) is 0 Å². The van der Waals surface area contributed by atoms with Gasteiger partial charge in [-0.15, -0.1) is 0 Å². The van der Waals surface area contributed by atoms with Crippen LogP contribution in [0.1, 0.15) is 19.4 Å². The largest absolute Gasteiger partial charge is 0.485 e. The van der Waals surface area contributed by atoms with E-state index in [1.165, 1.54) is 0 Å². The molecule has 19 heavy (non-hydrogen) atoms. The van der Waals surface area contributed by atoms with Crippen molar-refractivity contribution in [1.29, 1.82) is 0 Å². The van der Waals surface area contributed by atoms with Crippen LogP contribution in [0.25, 0.3) is 0 Å². The Balaban J connectivity index is 2.30. The molecule has 2 rings (SSSR count). The molecule has 0 bridgehead atoms. The van der Waals surface area contributed by atoms with Crippen molar-refractivity contribution in [2.75, 3.05) is 0 Å². The Kier molecular flexibility index (Phi) is 4.43. The van der Waals surface area contributed by atoms with Crippen LogP contribution in [0.2, 0.25) is 0 Å². The van der Waals surface area contributed by atoms with Gasteiger partial charge in [0, 0.05) is 10.7 Å². The molecule has 0 aliphatic carbocycles. The molecule has 4 heteroatoms. The monoisotopic (exact) mass is 321 g/mol. The Labute approximate surface area is 121 Å². The van der Waals surface area contributed by atoms with E-state index in [-0.39, 0.29) is 6.10 Å². The molecule has 0 fully saturated rings. The van der Waals surface area contributed by atoms with E-state index < -0.39 is 0 Å². The molecule has 1 aromatic carbocycles. The second-order valence-corrected chi connectivity index (χ2v) is 5.40. The van der Waals surface area contributed by atoms with Gasteiger partial charge < -0.3 is 9.47 Å². The zero-order valence-electron chi connectivity index (χ0n) is 11.2. The molecule has 0 saturated heterocycles. The normalized spacial score (nSPS) is 10.6. The highest BCUT2D eigenvalue weighted by Crippen LogP contribution is 2.32. The summed E-state index contributed by atoms with van der Waals surface area (Å²) in [6.07, 6.45) is 1.77. The van der Waals surface area contributed by atoms with E-state index in [0.29, 0.717) is 11.6 Å². The minimum atomic E-state index is 0.0788. The fraction of sp³-hybridized carbons (Fsp3) is 0.267. The quantitative estimate of drug-likeness (QED) is 0.815. The third-order valence-corrected chi connectivity index (χ3v) is 2.95. The average molecular weight is 322 g/mol. The first-order valence-electron chi connectivity index (χ1n) is 6.12. The molecule has 0 atom stereocenters. The first kappa shape index (κ1) is 13.9. The molecule has 1 aromatic heterocycles. The lowest BCUT2D eigenvalue weighted by Crippen LogP contribution is -2.07. The van der Waals surface area contributed by atoms with E-state index in [4.69, 9.17) is 9.47 Å². The van der Waals surface area contributed by atoms with Gasteiger partial charge in [-0.2, -0.15) is 0 Å². The summed E-state index contributed by atoms with van der Waals surface area (Å²) in [4.78, 5) is 4.24. The fourth-order valence-corrected chi connectivity index (χ4v) is 1.92. The van der Waals surface area contributed by atoms with E-state index in [9.17, 15) is 0 Å². The molecule has 0 spiro atoms. The molecule has 100 valence electrons. The Morgan fingerprint density at radius 3 is 2.68 bits per heavy atom. The number of aromatic nitrogens is 1. The third-order valence-electron chi connectivity index (χ3n) is 2.46. The van der Waals surface area contributed by atoms with E-state index in [1.54, 1.807) is 6.20 Å². The van der Waals surface area contributed by atoms with E-state index in [2.05, 4.69) is 20.9 Å². The molecule has 0 aliphatic heterocycles. The summed E-state index contributed by atoms with van der Waals surface area (Å²) in [7, 11) is 0. The van der Waals surface area contributed by atoms with Gasteiger partial charge in [0.25, 0.3) is 5.88 Å². The van der Waals surface area contributed by atoms with Gasteiger partial charge in [0.1, 0.15) is 5.75 Å². The Morgan fingerprint density at radius 2 is 1.95 bits per heavy atom. The molecule has 2 aromatic rings. The van der Waals surface area contributed by atoms with Crippen molar-refractivity contribution >= 4 is 15.9 Å². The number of halogens is 1. The fourth-order valence-electron chi connectivity index (χ4n) is 1.58. The van der Waals surface area contributed by atoms with Gasteiger partial charge in [0.15, 0.2) is 5.75 Å². The van der Waals surface area contributed by atoms with Crippen molar-refractivity contribution in [3.8, 4) is 17.4 Å². The predicted molar refractivity (Wildman–Crippen MR) is 79.0 cm³/mol. The van der Waals surface area contributed by atoms with E-state index >= 15 is 0 Å². The van der Waals surface area contributed by atoms with Crippen LogP contribution >= 0.6 is 15.9 Å². The summed E-state index contributed by atoms with van der Waals surface area (Å²) in [5.74, 6) is 1.90. The summed E-state index contributed by atoms with van der Waals surface area (Å²) in [5.41, 5.74) is 1.05. The summed E-state index contributed by atoms with van der Waals surface area (Å²) in [6, 6.07) is 9.58. The average Bonchev–Trinajstić information content (AvgIpc) is 2.35. The highest BCUT2D eigenvalue weighted by atomic mass is 79.9. The SMILES string of the molecule is Cc1ccc(Br)cc1Oc1ncccc1OC(C)C. The first-order valence-corrected chi connectivity index (χ1v) is 6.91. The topological polar surface area (TPSA) is 31.4 Å². The number of pyridine rings is 1. The van der Waals surface area contributed by atoms with Gasteiger partial charge in [-0.05, 0) is 50.6 Å². The third kappa shape index (κ3) is 3.70. The van der Waals surface area contributed by atoms with Crippen LogP contribution in [-0.4, -0.2) is 11.1 Å². The molecule has 3 nitrogen and oxygen atoms in total. The number of aryl methyl sites for hydroxylation is 1. The van der Waals surface area contributed by atoms with Crippen molar-refractivity contribution < 1.29 is 9.47 Å². The van der Waals surface area contributed by atoms with Gasteiger partial charge in [-0.25, -0.2) is 4.98 Å². The van der Waals surface area contributed by atoms with Crippen molar-refractivity contribution in [2.45, 2.75) is 26.9 Å². The van der Waals surface area contributed by atoms with Crippen LogP contribution in [0, 0.1) is 6.92 Å². The summed E-state index contributed by atoms with van der Waals surface area (Å²) in [6.45, 7) is 5.94. The number of hydrogen-bond acceptors (Lipinski definition) is 3. The highest BCUT2D eigenvalue weighted by molar-refractivity contribution is 9.10. The maximum Gasteiger partial charge on any atom is 0.262 e. The molecule has 0 unspecified atom stereocenters. The van der Waals surface area contributed by atoms with Crippen LogP contribution in [0.4, 0.5) is 0 Å². The van der Waals surface area contributed by atoms with Crippen molar-refractivity contribution in [3.05, 3.63) is 46.6 Å². The van der Waals surface area contributed by atoms with Crippen molar-refractivity contribution in [2.24, 2.45) is 0 Å². The number of nitrogens with zero attached hydrogens (tertiary/aromatic N) is 1. The van der Waals surface area contributed by atoms with Crippen molar-refractivity contribution in [3.63, 3.8) is 0 Å². The standard InChI is InChI=1S/C15H16BrNO2/c1-10(2)18-13-5-4-8-17-15(13)19-14-9-12(16)7-6-11(14)3/h4-10H,1-3H3. The number of rotatable bonds is 4. The molecular formula is C15H16BrNO2. The Morgan fingerprint density at radius 1 is 1.16 bits per heavy atom. The zero-order chi connectivity index (χ0) is 13.8. The highest BCUT2D eigenvalue weighted by Gasteiger charge is 2.10. The number of ether oxygens (including phenoxy) is 2. The number of benzene rings is 1. The molecule has 0 aliphatic rings. The molecule has 0 N–H and O–H groups in total. The first-order chi connectivity index (χ1) is 9.06. The molecule has 0 radical (unpaired) electrons. The maximum absolute atomic E-state index is 5.86. The van der Waals surface area contributed by atoms with E-state index in [1.807, 2.05) is 51.1 Å². The number of hydrogen-bond donors (Lipinski definition) is 0. The van der Waals surface area contributed by atoms with Gasteiger partial charge in [0.05, 0.1) is 6.10 Å². The van der Waals surface area contributed by atoms with Crippen molar-refractivity contribution in [1.82, 2.24) is 4.98 Å². The van der Waals surface area contributed by atoms with Gasteiger partial charge in [-0.3, -0.25) is 0 Å². The predicted octanol–water partition coefficient (Wildman–Crippen LogP) is 4.73. The maximum atomic E-state index is 5.86. The Bertz CT molecular complexity index is 570. The summed E-state index contributed by atoms with van der Waals surface area (Å²) < 4.78 is 12.5. The van der Waals surface area contributed by atoms with Crippen LogP contribution < -0.4 is 9.47 Å². The lowest BCUT2D eigenvalue weighted by molar-refractivity contribution is 0.231. The summed E-state index contributed by atoms with van der Waals surface area (Å²) in [5, 5.41) is 0. The van der Waals surface area contributed by atoms with E-state index in [0.717, 1.165) is 15.8 Å².